The predicted molar refractivity (Wildman–Crippen MR) is 146 cm³/mol. The topological polar surface area (TPSA) is 88.5 Å². The van der Waals surface area contributed by atoms with Crippen LogP contribution < -0.4 is 19.1 Å². The average Bonchev–Trinajstić information content (AvgIpc) is 3.17. The highest BCUT2D eigenvalue weighted by molar-refractivity contribution is 6.46. The lowest BCUT2D eigenvalue weighted by atomic mass is 9.94. The van der Waals surface area contributed by atoms with Gasteiger partial charge in [0.05, 0.1) is 32.4 Å². The molecule has 0 bridgehead atoms. The van der Waals surface area contributed by atoms with Gasteiger partial charge >= 0.3 is 0 Å². The Morgan fingerprint density at radius 1 is 0.947 bits per heavy atom. The molecule has 1 N–H and O–H groups in total. The number of hydrogen-bond acceptors (Lipinski definition) is 7. The van der Waals surface area contributed by atoms with Crippen LogP contribution in [0.4, 0.5) is 5.69 Å². The van der Waals surface area contributed by atoms with Crippen LogP contribution in [0, 0.1) is 0 Å². The summed E-state index contributed by atoms with van der Waals surface area (Å²) >= 11 is 0. The number of carbonyl (C=O) groups is 2. The molecule has 1 heterocycles. The first-order valence-corrected chi connectivity index (χ1v) is 12.3. The van der Waals surface area contributed by atoms with Gasteiger partial charge in [-0.15, -0.1) is 0 Å². The molecule has 3 aromatic carbocycles. The van der Waals surface area contributed by atoms with Crippen LogP contribution in [0.3, 0.4) is 0 Å². The Kier molecular flexibility index (Phi) is 7.90. The molecule has 8 heteroatoms. The van der Waals surface area contributed by atoms with E-state index in [1.807, 2.05) is 74.4 Å². The zero-order valence-electron chi connectivity index (χ0n) is 22.2. The molecule has 0 aromatic heterocycles. The summed E-state index contributed by atoms with van der Waals surface area (Å²) in [6, 6.07) is 19.1. The van der Waals surface area contributed by atoms with Crippen LogP contribution in [0.2, 0.25) is 0 Å². The standard InChI is InChI=1S/C30H32N2O6/c1-6-38-23-9-7-8-19(16-23)18-32-27(20-10-13-22(14-11-20)31(2)3)26(29(34)30(32)35)28(33)21-12-15-24(36-4)25(17-21)37-5/h7-17,27,33H,6,18H2,1-5H3/b28-26-. The van der Waals surface area contributed by atoms with Gasteiger partial charge in [-0.3, -0.25) is 9.59 Å². The minimum atomic E-state index is -0.796. The van der Waals surface area contributed by atoms with Crippen molar-refractivity contribution in [3.8, 4) is 17.2 Å². The zero-order valence-corrected chi connectivity index (χ0v) is 22.2. The lowest BCUT2D eigenvalue weighted by Crippen LogP contribution is -2.29. The van der Waals surface area contributed by atoms with E-state index in [1.54, 1.807) is 18.2 Å². The van der Waals surface area contributed by atoms with Crippen LogP contribution in [-0.4, -0.2) is 56.6 Å². The Hall–Kier alpha value is -4.46. The fourth-order valence-corrected chi connectivity index (χ4v) is 4.58. The number of hydrogen-bond donors (Lipinski definition) is 1. The second-order valence-corrected chi connectivity index (χ2v) is 9.06. The molecule has 198 valence electrons. The van der Waals surface area contributed by atoms with Crippen LogP contribution in [0.25, 0.3) is 5.76 Å². The highest BCUT2D eigenvalue weighted by atomic mass is 16.5. The number of aliphatic hydroxyl groups is 1. The number of aliphatic hydroxyl groups excluding tert-OH is 1. The molecule has 0 saturated carbocycles. The quantitative estimate of drug-likeness (QED) is 0.249. The van der Waals surface area contributed by atoms with Gasteiger partial charge in [-0.25, -0.2) is 0 Å². The highest BCUT2D eigenvalue weighted by Crippen LogP contribution is 2.42. The summed E-state index contributed by atoms with van der Waals surface area (Å²) in [5.41, 5.74) is 2.83. The molecule has 4 rings (SSSR count). The van der Waals surface area contributed by atoms with Crippen LogP contribution in [0.1, 0.15) is 29.7 Å². The number of ketones is 1. The van der Waals surface area contributed by atoms with E-state index < -0.39 is 17.7 Å². The molecule has 8 nitrogen and oxygen atoms in total. The highest BCUT2D eigenvalue weighted by Gasteiger charge is 2.46. The maximum Gasteiger partial charge on any atom is 0.295 e. The largest absolute Gasteiger partial charge is 0.507 e. The molecule has 1 saturated heterocycles. The summed E-state index contributed by atoms with van der Waals surface area (Å²) in [4.78, 5) is 30.3. The Morgan fingerprint density at radius 3 is 2.29 bits per heavy atom. The molecule has 3 aromatic rings. The first kappa shape index (κ1) is 26.6. The molecule has 1 aliphatic rings. The molecule has 1 amide bonds. The number of likely N-dealkylation sites (tertiary alicyclic amines) is 1. The third-order valence-corrected chi connectivity index (χ3v) is 6.48. The number of Topliss-reactive ketones (excluding diaryl/α,β-unsaturated/α-hetero) is 1. The van der Waals surface area contributed by atoms with Gasteiger partial charge in [-0.2, -0.15) is 0 Å². The minimum absolute atomic E-state index is 0.0146. The normalized spacial score (nSPS) is 16.4. The number of ether oxygens (including phenoxy) is 3. The van der Waals surface area contributed by atoms with Crippen molar-refractivity contribution in [1.29, 1.82) is 0 Å². The van der Waals surface area contributed by atoms with Crippen LogP contribution in [-0.2, 0) is 16.1 Å². The summed E-state index contributed by atoms with van der Waals surface area (Å²) in [7, 11) is 6.87. The predicted octanol–water partition coefficient (Wildman–Crippen LogP) is 4.79. The van der Waals surface area contributed by atoms with Gasteiger partial charge < -0.3 is 29.1 Å². The third-order valence-electron chi connectivity index (χ3n) is 6.48. The van der Waals surface area contributed by atoms with Crippen molar-refractivity contribution in [3.63, 3.8) is 0 Å². The molecule has 0 radical (unpaired) electrons. The zero-order chi connectivity index (χ0) is 27.4. The summed E-state index contributed by atoms with van der Waals surface area (Å²) < 4.78 is 16.3. The third kappa shape index (κ3) is 5.16. The summed E-state index contributed by atoms with van der Waals surface area (Å²) in [5.74, 6) is -0.161. The lowest BCUT2D eigenvalue weighted by molar-refractivity contribution is -0.140. The van der Waals surface area contributed by atoms with Gasteiger partial charge in [0.2, 0.25) is 0 Å². The van der Waals surface area contributed by atoms with Gasteiger partial charge in [0.15, 0.2) is 11.5 Å². The second-order valence-electron chi connectivity index (χ2n) is 9.06. The molecule has 0 spiro atoms. The second kappa shape index (κ2) is 11.3. The molecule has 1 aliphatic heterocycles. The molecule has 1 atom stereocenters. The molecule has 1 fully saturated rings. The minimum Gasteiger partial charge on any atom is -0.507 e. The molecule has 38 heavy (non-hydrogen) atoms. The van der Waals surface area contributed by atoms with E-state index in [0.29, 0.717) is 35.0 Å². The first-order valence-electron chi connectivity index (χ1n) is 12.3. The Labute approximate surface area is 222 Å². The van der Waals surface area contributed by atoms with Gasteiger partial charge in [0.1, 0.15) is 11.5 Å². The molecule has 0 aliphatic carbocycles. The summed E-state index contributed by atoms with van der Waals surface area (Å²) in [6.45, 7) is 2.57. The van der Waals surface area contributed by atoms with Crippen molar-refractivity contribution >= 4 is 23.1 Å². The number of rotatable bonds is 9. The SMILES string of the molecule is CCOc1cccc(CN2C(=O)C(=O)/C(=C(\O)c3ccc(OC)c(OC)c3)C2c2ccc(N(C)C)cc2)c1. The maximum absolute atomic E-state index is 13.4. The fraction of sp³-hybridized carbons (Fsp3) is 0.267. The number of amides is 1. The van der Waals surface area contributed by atoms with Gasteiger partial charge in [-0.1, -0.05) is 24.3 Å². The van der Waals surface area contributed by atoms with E-state index in [9.17, 15) is 14.7 Å². The Bertz CT molecular complexity index is 1360. The fourth-order valence-electron chi connectivity index (χ4n) is 4.58. The van der Waals surface area contributed by atoms with Gasteiger partial charge in [-0.05, 0) is 60.5 Å². The summed E-state index contributed by atoms with van der Waals surface area (Å²) in [5, 5.41) is 11.4. The maximum atomic E-state index is 13.4. The lowest BCUT2D eigenvalue weighted by Gasteiger charge is -2.26. The molecular weight excluding hydrogens is 484 g/mol. The van der Waals surface area contributed by atoms with E-state index in [1.165, 1.54) is 19.1 Å². The number of benzene rings is 3. The van der Waals surface area contributed by atoms with Crippen molar-refractivity contribution in [2.24, 2.45) is 0 Å². The van der Waals surface area contributed by atoms with E-state index in [4.69, 9.17) is 14.2 Å². The van der Waals surface area contributed by atoms with E-state index >= 15 is 0 Å². The van der Waals surface area contributed by atoms with Crippen molar-refractivity contribution in [3.05, 3.63) is 89.0 Å². The van der Waals surface area contributed by atoms with E-state index in [2.05, 4.69) is 0 Å². The number of nitrogens with zero attached hydrogens (tertiary/aromatic N) is 2. The van der Waals surface area contributed by atoms with Gasteiger partial charge in [0.25, 0.3) is 11.7 Å². The molecule has 1 unspecified atom stereocenters. The average molecular weight is 517 g/mol. The van der Waals surface area contributed by atoms with Crippen molar-refractivity contribution < 1.29 is 28.9 Å². The van der Waals surface area contributed by atoms with Crippen molar-refractivity contribution in [1.82, 2.24) is 4.90 Å². The van der Waals surface area contributed by atoms with E-state index in [-0.39, 0.29) is 17.9 Å². The number of carbonyl (C=O) groups excluding carboxylic acids is 2. The van der Waals surface area contributed by atoms with Gasteiger partial charge in [0, 0.05) is 31.9 Å². The Morgan fingerprint density at radius 2 is 1.66 bits per heavy atom. The van der Waals surface area contributed by atoms with Crippen LogP contribution >= 0.6 is 0 Å². The Balaban J connectivity index is 1.84. The van der Waals surface area contributed by atoms with Crippen molar-refractivity contribution in [2.45, 2.75) is 19.5 Å². The number of methoxy groups -OCH3 is 2. The smallest absolute Gasteiger partial charge is 0.295 e. The van der Waals surface area contributed by atoms with Crippen molar-refractivity contribution in [2.75, 3.05) is 39.8 Å². The van der Waals surface area contributed by atoms with E-state index in [0.717, 1.165) is 11.3 Å². The van der Waals surface area contributed by atoms with Crippen LogP contribution in [0.15, 0.2) is 72.3 Å². The number of anilines is 1. The monoisotopic (exact) mass is 516 g/mol. The summed E-state index contributed by atoms with van der Waals surface area (Å²) in [6.07, 6.45) is 0. The molecular formula is C30H32N2O6. The van der Waals surface area contributed by atoms with Crippen LogP contribution in [0.5, 0.6) is 17.2 Å². The first-order chi connectivity index (χ1) is 18.3.